The van der Waals surface area contributed by atoms with Crippen LogP contribution in [-0.2, 0) is 0 Å². The summed E-state index contributed by atoms with van der Waals surface area (Å²) < 4.78 is 13.6. The maximum atomic E-state index is 12.9. The lowest BCUT2D eigenvalue weighted by atomic mass is 10.2. The molecule has 0 N–H and O–H groups in total. The lowest BCUT2D eigenvalue weighted by molar-refractivity contribution is 0.535. The van der Waals surface area contributed by atoms with Gasteiger partial charge >= 0.3 is 0 Å². The minimum absolute atomic E-state index is 0.239. The predicted molar refractivity (Wildman–Crippen MR) is 80.7 cm³/mol. The van der Waals surface area contributed by atoms with Crippen LogP contribution >= 0.6 is 15.9 Å². The quantitative estimate of drug-likeness (QED) is 0.822. The third-order valence-corrected chi connectivity index (χ3v) is 3.83. The molecule has 1 saturated heterocycles. The van der Waals surface area contributed by atoms with E-state index in [9.17, 15) is 4.39 Å². The molecule has 0 unspecified atom stereocenters. The average Bonchev–Trinajstić information content (AvgIpc) is 2.49. The van der Waals surface area contributed by atoms with E-state index >= 15 is 0 Å². The lowest BCUT2D eigenvalue weighted by Crippen LogP contribution is -2.53. The van der Waals surface area contributed by atoms with Crippen LogP contribution in [0.5, 0.6) is 0 Å². The molecule has 3 heterocycles. The van der Waals surface area contributed by atoms with Crippen LogP contribution in [0.3, 0.4) is 0 Å². The Hall–Kier alpha value is -1.83. The number of nitrogens with zero attached hydrogens (tertiary/aromatic N) is 6. The summed E-state index contributed by atoms with van der Waals surface area (Å²) >= 11 is 3.28. The van der Waals surface area contributed by atoms with Gasteiger partial charge in [0.2, 0.25) is 5.95 Å². The molecule has 1 aliphatic heterocycles. The van der Waals surface area contributed by atoms with Crippen molar-refractivity contribution in [3.05, 3.63) is 35.2 Å². The van der Waals surface area contributed by atoms with E-state index in [0.717, 1.165) is 30.1 Å². The van der Waals surface area contributed by atoms with Crippen molar-refractivity contribution in [2.24, 2.45) is 0 Å². The van der Waals surface area contributed by atoms with Gasteiger partial charge in [0.05, 0.1) is 24.8 Å². The smallest absolute Gasteiger partial charge is 0.225 e. The van der Waals surface area contributed by atoms with Crippen molar-refractivity contribution in [1.82, 2.24) is 19.9 Å². The Kier molecular flexibility index (Phi) is 3.96. The van der Waals surface area contributed by atoms with Crippen LogP contribution in [0, 0.1) is 5.82 Å². The predicted octanol–water partition coefficient (Wildman–Crippen LogP) is 1.88. The summed E-state index contributed by atoms with van der Waals surface area (Å²) in [7, 11) is 0. The Morgan fingerprint density at radius 1 is 1.10 bits per heavy atom. The number of hydrogen-bond acceptors (Lipinski definition) is 6. The summed E-state index contributed by atoms with van der Waals surface area (Å²) in [4.78, 5) is 20.9. The first-order chi connectivity index (χ1) is 10.1. The lowest BCUT2D eigenvalue weighted by Gasteiger charge is -2.40. The number of anilines is 2. The minimum Gasteiger partial charge on any atom is -0.349 e. The van der Waals surface area contributed by atoms with Crippen LogP contribution in [0.25, 0.3) is 0 Å². The molecular formula is C13H14BrFN6. The maximum absolute atomic E-state index is 12.9. The van der Waals surface area contributed by atoms with Crippen LogP contribution in [0.1, 0.15) is 6.92 Å². The molecule has 0 aliphatic carbocycles. The van der Waals surface area contributed by atoms with Gasteiger partial charge in [-0.15, -0.1) is 0 Å². The Labute approximate surface area is 130 Å². The highest BCUT2D eigenvalue weighted by Gasteiger charge is 2.26. The topological polar surface area (TPSA) is 58.0 Å². The average molecular weight is 353 g/mol. The molecule has 1 atom stereocenters. The number of rotatable bonds is 2. The van der Waals surface area contributed by atoms with Gasteiger partial charge in [0, 0.05) is 25.7 Å². The molecule has 0 amide bonds. The molecule has 1 fully saturated rings. The van der Waals surface area contributed by atoms with Crippen LogP contribution in [0.4, 0.5) is 16.2 Å². The molecule has 110 valence electrons. The van der Waals surface area contributed by atoms with Gasteiger partial charge in [-0.25, -0.2) is 24.3 Å². The maximum Gasteiger partial charge on any atom is 0.225 e. The third-order valence-electron chi connectivity index (χ3n) is 3.42. The molecule has 2 aromatic heterocycles. The first-order valence-corrected chi connectivity index (χ1v) is 7.39. The van der Waals surface area contributed by atoms with E-state index in [2.05, 4.69) is 47.7 Å². The van der Waals surface area contributed by atoms with Crippen molar-refractivity contribution < 1.29 is 4.39 Å². The molecule has 8 heteroatoms. The Balaban J connectivity index is 1.72. The van der Waals surface area contributed by atoms with Gasteiger partial charge in [0.15, 0.2) is 5.82 Å². The largest absolute Gasteiger partial charge is 0.349 e. The van der Waals surface area contributed by atoms with Gasteiger partial charge in [-0.2, -0.15) is 0 Å². The van der Waals surface area contributed by atoms with E-state index in [1.807, 2.05) is 4.90 Å². The summed E-state index contributed by atoms with van der Waals surface area (Å²) in [5.41, 5.74) is 0. The fourth-order valence-electron chi connectivity index (χ4n) is 2.40. The van der Waals surface area contributed by atoms with Crippen molar-refractivity contribution >= 4 is 27.7 Å². The standard InChI is InChI=1S/C13H14BrFN6/c1-9-8-20(13-18-4-10(15)5-19-13)2-3-21(9)12-7-16-11(14)6-17-12/h4-7,9H,2-3,8H2,1H3/t9-/m1/s1. The number of piperazine rings is 1. The summed E-state index contributed by atoms with van der Waals surface area (Å²) in [6.45, 7) is 4.41. The summed E-state index contributed by atoms with van der Waals surface area (Å²) in [5, 5.41) is 0. The summed E-state index contributed by atoms with van der Waals surface area (Å²) in [6.07, 6.45) is 5.83. The number of halogens is 2. The van der Waals surface area contributed by atoms with Crippen molar-refractivity contribution in [3.63, 3.8) is 0 Å². The second-order valence-corrected chi connectivity index (χ2v) is 5.70. The van der Waals surface area contributed by atoms with Gasteiger partial charge in [0.1, 0.15) is 10.4 Å². The molecule has 0 radical (unpaired) electrons. The molecule has 6 nitrogen and oxygen atoms in total. The fraction of sp³-hybridized carbons (Fsp3) is 0.385. The Morgan fingerprint density at radius 2 is 1.86 bits per heavy atom. The van der Waals surface area contributed by atoms with Crippen molar-refractivity contribution in [1.29, 1.82) is 0 Å². The van der Waals surface area contributed by atoms with Gasteiger partial charge in [-0.05, 0) is 22.9 Å². The second kappa shape index (κ2) is 5.88. The first kappa shape index (κ1) is 14.1. The molecule has 21 heavy (non-hydrogen) atoms. The molecule has 0 saturated carbocycles. The monoisotopic (exact) mass is 352 g/mol. The molecular weight excluding hydrogens is 339 g/mol. The van der Waals surface area contributed by atoms with E-state index in [1.165, 1.54) is 12.4 Å². The minimum atomic E-state index is -0.421. The molecule has 0 bridgehead atoms. The second-order valence-electron chi connectivity index (χ2n) is 4.89. The molecule has 0 aromatic carbocycles. The summed E-state index contributed by atoms with van der Waals surface area (Å²) in [6, 6.07) is 0.239. The van der Waals surface area contributed by atoms with E-state index in [-0.39, 0.29) is 6.04 Å². The SMILES string of the molecule is C[C@@H]1CN(c2ncc(F)cn2)CCN1c1cnc(Br)cn1. The van der Waals surface area contributed by atoms with E-state index in [1.54, 1.807) is 12.4 Å². The van der Waals surface area contributed by atoms with E-state index in [0.29, 0.717) is 5.95 Å². The van der Waals surface area contributed by atoms with Crippen molar-refractivity contribution in [2.75, 3.05) is 29.4 Å². The zero-order chi connectivity index (χ0) is 14.8. The normalized spacial score (nSPS) is 18.9. The highest BCUT2D eigenvalue weighted by molar-refractivity contribution is 9.10. The van der Waals surface area contributed by atoms with Gasteiger partial charge in [-0.1, -0.05) is 0 Å². The number of hydrogen-bond donors (Lipinski definition) is 0. The van der Waals surface area contributed by atoms with Gasteiger partial charge in [-0.3, -0.25) is 0 Å². The Bertz CT molecular complexity index is 605. The van der Waals surface area contributed by atoms with Crippen LogP contribution in [0.2, 0.25) is 0 Å². The molecule has 0 spiro atoms. The van der Waals surface area contributed by atoms with E-state index in [4.69, 9.17) is 0 Å². The van der Waals surface area contributed by atoms with E-state index < -0.39 is 5.82 Å². The van der Waals surface area contributed by atoms with Crippen LogP contribution < -0.4 is 9.80 Å². The van der Waals surface area contributed by atoms with Crippen molar-refractivity contribution in [2.45, 2.75) is 13.0 Å². The van der Waals surface area contributed by atoms with Crippen LogP contribution in [-0.4, -0.2) is 45.6 Å². The Morgan fingerprint density at radius 3 is 2.48 bits per heavy atom. The van der Waals surface area contributed by atoms with Gasteiger partial charge < -0.3 is 9.80 Å². The zero-order valence-corrected chi connectivity index (χ0v) is 13.0. The first-order valence-electron chi connectivity index (χ1n) is 6.60. The van der Waals surface area contributed by atoms with Gasteiger partial charge in [0.25, 0.3) is 0 Å². The zero-order valence-electron chi connectivity index (χ0n) is 11.4. The molecule has 3 rings (SSSR count). The van der Waals surface area contributed by atoms with Crippen molar-refractivity contribution in [3.8, 4) is 0 Å². The third kappa shape index (κ3) is 3.10. The number of aromatic nitrogens is 4. The van der Waals surface area contributed by atoms with Crippen LogP contribution in [0.15, 0.2) is 29.4 Å². The highest BCUT2D eigenvalue weighted by atomic mass is 79.9. The summed E-state index contributed by atoms with van der Waals surface area (Å²) in [5.74, 6) is 0.991. The molecule has 2 aromatic rings. The molecule has 1 aliphatic rings. The highest BCUT2D eigenvalue weighted by Crippen LogP contribution is 2.20. The fourth-order valence-corrected chi connectivity index (χ4v) is 2.61.